The third-order valence-corrected chi connectivity index (χ3v) is 10.3. The van der Waals surface area contributed by atoms with Gasteiger partial charge in [0.2, 0.25) is 15.9 Å². The van der Waals surface area contributed by atoms with E-state index in [1.54, 1.807) is 42.2 Å². The Balaban J connectivity index is 1.40. The van der Waals surface area contributed by atoms with Gasteiger partial charge in [0.05, 0.1) is 43.3 Å². The number of methoxy groups -OCH3 is 1. The number of likely N-dealkylation sites (N-methyl/N-ethyl adjacent to an activating group) is 1. The molecule has 0 fully saturated rings. The van der Waals surface area contributed by atoms with Crippen LogP contribution in [0, 0.1) is 5.92 Å². The van der Waals surface area contributed by atoms with E-state index in [1.165, 1.54) is 30.6 Å². The zero-order valence-corrected chi connectivity index (χ0v) is 27.7. The summed E-state index contributed by atoms with van der Waals surface area (Å²) < 4.78 is 39.9. The van der Waals surface area contributed by atoms with Crippen LogP contribution in [0.4, 0.5) is 16.2 Å². The second kappa shape index (κ2) is 14.4. The first-order chi connectivity index (χ1) is 22.5. The minimum atomic E-state index is -3.88. The number of fused-ring (bicyclic) bond motifs is 2. The Bertz CT molecular complexity index is 1840. The fourth-order valence-electron chi connectivity index (χ4n) is 5.62. The maximum Gasteiger partial charge on any atom is 0.323 e. The van der Waals surface area contributed by atoms with Gasteiger partial charge in [-0.05, 0) is 60.8 Å². The second-order valence-corrected chi connectivity index (χ2v) is 13.8. The molecule has 1 heterocycles. The van der Waals surface area contributed by atoms with Crippen LogP contribution >= 0.6 is 0 Å². The third-order valence-electron chi connectivity index (χ3n) is 8.42. The number of carbonyl (C=O) groups is 2. The van der Waals surface area contributed by atoms with Crippen LogP contribution in [-0.2, 0) is 21.2 Å². The standard InChI is InChI=1S/C35H40N4O7S/c1-23-20-39(24(2)22-40)34(41)19-26-18-27(36-35(42)37-31-11-7-9-25-8-5-6-10-30(25)31)12-17-32(26)46-33(23)21-38(3)47(43,44)29-15-13-28(45-4)14-16-29/h5-18,23-24,33,40H,19-22H2,1-4H3,(H2,36,37,42)/t23-,24-,33-/m0/s1. The maximum atomic E-state index is 13.6. The van der Waals surface area contributed by atoms with Crippen LogP contribution in [0.2, 0.25) is 0 Å². The van der Waals surface area contributed by atoms with E-state index in [2.05, 4.69) is 10.6 Å². The number of amides is 3. The SMILES string of the molecule is COc1ccc(S(=O)(=O)N(C)C[C@@H]2Oc3ccc(NC(=O)Nc4cccc5ccccc45)cc3CC(=O)N([C@@H](C)CO)C[C@@H]2C)cc1. The first kappa shape index (κ1) is 33.7. The number of ether oxygens (including phenoxy) is 2. The van der Waals surface area contributed by atoms with Crippen molar-refractivity contribution in [1.29, 1.82) is 0 Å². The van der Waals surface area contributed by atoms with E-state index in [4.69, 9.17) is 9.47 Å². The monoisotopic (exact) mass is 660 g/mol. The van der Waals surface area contributed by atoms with E-state index in [1.807, 2.05) is 49.4 Å². The van der Waals surface area contributed by atoms with E-state index in [-0.39, 0.29) is 42.8 Å². The Hall–Kier alpha value is -4.65. The molecular weight excluding hydrogens is 620 g/mol. The number of sulfonamides is 1. The van der Waals surface area contributed by atoms with Crippen LogP contribution in [0.3, 0.4) is 0 Å². The molecule has 3 amide bonds. The lowest BCUT2D eigenvalue weighted by Crippen LogP contribution is -2.48. The van der Waals surface area contributed by atoms with Gasteiger partial charge in [0, 0.05) is 36.1 Å². The van der Waals surface area contributed by atoms with Crippen molar-refractivity contribution in [1.82, 2.24) is 9.21 Å². The van der Waals surface area contributed by atoms with E-state index in [0.717, 1.165) is 10.8 Å². The molecule has 3 atom stereocenters. The van der Waals surface area contributed by atoms with Crippen LogP contribution in [0.25, 0.3) is 10.8 Å². The summed E-state index contributed by atoms with van der Waals surface area (Å²) in [5.74, 6) is 0.417. The van der Waals surface area contributed by atoms with Gasteiger partial charge in [-0.15, -0.1) is 0 Å². The summed E-state index contributed by atoms with van der Waals surface area (Å²) in [7, 11) is -0.877. The van der Waals surface area contributed by atoms with Gasteiger partial charge < -0.3 is 30.1 Å². The van der Waals surface area contributed by atoms with Crippen LogP contribution in [0.5, 0.6) is 11.5 Å². The van der Waals surface area contributed by atoms with Crippen molar-refractivity contribution >= 4 is 44.1 Å². The summed E-state index contributed by atoms with van der Waals surface area (Å²) in [6, 6.07) is 23.7. The second-order valence-electron chi connectivity index (χ2n) is 11.8. The normalized spacial score (nSPS) is 17.6. The average molecular weight is 661 g/mol. The topological polar surface area (TPSA) is 138 Å². The van der Waals surface area contributed by atoms with Crippen molar-refractivity contribution in [3.63, 3.8) is 0 Å². The molecule has 0 radical (unpaired) electrons. The van der Waals surface area contributed by atoms with Crippen molar-refractivity contribution in [2.45, 2.75) is 37.3 Å². The molecule has 0 saturated heterocycles. The van der Waals surface area contributed by atoms with Crippen molar-refractivity contribution in [2.75, 3.05) is 44.5 Å². The number of urea groups is 1. The molecule has 5 rings (SSSR count). The highest BCUT2D eigenvalue weighted by molar-refractivity contribution is 7.89. The van der Waals surface area contributed by atoms with Crippen LogP contribution in [0.15, 0.2) is 89.8 Å². The van der Waals surface area contributed by atoms with Gasteiger partial charge in [0.15, 0.2) is 0 Å². The number of benzene rings is 4. The Morgan fingerprint density at radius 2 is 1.79 bits per heavy atom. The van der Waals surface area contributed by atoms with Crippen molar-refractivity contribution in [3.8, 4) is 11.5 Å². The lowest BCUT2D eigenvalue weighted by molar-refractivity contribution is -0.134. The van der Waals surface area contributed by atoms with Gasteiger partial charge in [-0.25, -0.2) is 13.2 Å². The molecule has 1 aliphatic heterocycles. The molecule has 4 aromatic carbocycles. The largest absolute Gasteiger partial charge is 0.497 e. The molecule has 47 heavy (non-hydrogen) atoms. The van der Waals surface area contributed by atoms with Gasteiger partial charge in [-0.1, -0.05) is 43.3 Å². The minimum Gasteiger partial charge on any atom is -0.497 e. The van der Waals surface area contributed by atoms with E-state index < -0.39 is 28.2 Å². The Labute approximate surface area is 275 Å². The Kier molecular flexibility index (Phi) is 10.3. The minimum absolute atomic E-state index is 0.00204. The molecule has 0 aliphatic carbocycles. The smallest absolute Gasteiger partial charge is 0.323 e. The molecule has 0 saturated carbocycles. The number of hydrogen-bond acceptors (Lipinski definition) is 7. The van der Waals surface area contributed by atoms with Crippen molar-refractivity contribution in [2.24, 2.45) is 5.92 Å². The van der Waals surface area contributed by atoms with Crippen LogP contribution in [-0.4, -0.2) is 80.7 Å². The Morgan fingerprint density at radius 1 is 1.06 bits per heavy atom. The number of anilines is 2. The molecule has 3 N–H and O–H groups in total. The number of rotatable bonds is 9. The quantitative estimate of drug-likeness (QED) is 0.231. The fraction of sp³-hybridized carbons (Fsp3) is 0.314. The first-order valence-corrected chi connectivity index (χ1v) is 16.8. The summed E-state index contributed by atoms with van der Waals surface area (Å²) >= 11 is 0. The molecule has 11 nitrogen and oxygen atoms in total. The number of aliphatic hydroxyl groups excluding tert-OH is 1. The molecule has 0 bridgehead atoms. The third kappa shape index (κ3) is 7.67. The van der Waals surface area contributed by atoms with E-state index in [0.29, 0.717) is 28.4 Å². The number of carbonyl (C=O) groups excluding carboxylic acids is 2. The molecule has 0 spiro atoms. The van der Waals surface area contributed by atoms with Gasteiger partial charge in [0.25, 0.3) is 0 Å². The summed E-state index contributed by atoms with van der Waals surface area (Å²) in [6.07, 6.45) is -0.695. The number of nitrogens with zero attached hydrogens (tertiary/aromatic N) is 2. The summed E-state index contributed by atoms with van der Waals surface area (Å²) in [5.41, 5.74) is 1.62. The number of nitrogens with one attached hydrogen (secondary N) is 2. The fourth-order valence-corrected chi connectivity index (χ4v) is 6.81. The first-order valence-electron chi connectivity index (χ1n) is 15.4. The van der Waals surface area contributed by atoms with Crippen LogP contribution < -0.4 is 20.1 Å². The summed E-state index contributed by atoms with van der Waals surface area (Å²) in [4.78, 5) is 28.4. The Morgan fingerprint density at radius 3 is 2.51 bits per heavy atom. The van der Waals surface area contributed by atoms with Gasteiger partial charge in [-0.2, -0.15) is 4.31 Å². The lowest BCUT2D eigenvalue weighted by Gasteiger charge is -2.33. The zero-order chi connectivity index (χ0) is 33.7. The predicted molar refractivity (Wildman–Crippen MR) is 181 cm³/mol. The highest BCUT2D eigenvalue weighted by Crippen LogP contribution is 2.30. The average Bonchev–Trinajstić information content (AvgIpc) is 3.11. The van der Waals surface area contributed by atoms with E-state index >= 15 is 0 Å². The highest BCUT2D eigenvalue weighted by Gasteiger charge is 2.33. The van der Waals surface area contributed by atoms with Crippen LogP contribution in [0.1, 0.15) is 19.4 Å². The molecule has 0 aromatic heterocycles. The van der Waals surface area contributed by atoms with Gasteiger partial charge in [0.1, 0.15) is 17.6 Å². The summed E-state index contributed by atoms with van der Waals surface area (Å²) in [5, 5.41) is 17.6. The van der Waals surface area contributed by atoms with E-state index in [9.17, 15) is 23.1 Å². The summed E-state index contributed by atoms with van der Waals surface area (Å²) in [6.45, 7) is 3.65. The molecule has 4 aromatic rings. The molecule has 12 heteroatoms. The molecule has 0 unspecified atom stereocenters. The molecule has 1 aliphatic rings. The predicted octanol–water partition coefficient (Wildman–Crippen LogP) is 4.96. The molecule has 248 valence electrons. The van der Waals surface area contributed by atoms with Gasteiger partial charge >= 0.3 is 6.03 Å². The van der Waals surface area contributed by atoms with Crippen molar-refractivity contribution in [3.05, 3.63) is 90.5 Å². The van der Waals surface area contributed by atoms with Gasteiger partial charge in [-0.3, -0.25) is 4.79 Å². The number of hydrogen-bond donors (Lipinski definition) is 3. The number of aliphatic hydroxyl groups is 1. The molecular formula is C35H40N4O7S. The zero-order valence-electron chi connectivity index (χ0n) is 26.8. The highest BCUT2D eigenvalue weighted by atomic mass is 32.2. The maximum absolute atomic E-state index is 13.6. The van der Waals surface area contributed by atoms with Crippen molar-refractivity contribution < 1.29 is 32.6 Å². The lowest BCUT2D eigenvalue weighted by atomic mass is 10.0.